The van der Waals surface area contributed by atoms with Crippen molar-refractivity contribution < 1.29 is 38.2 Å². The number of imide groups is 2. The van der Waals surface area contributed by atoms with Gasteiger partial charge in [-0.3, -0.25) is 39.4 Å². The number of carbonyl (C=O) groups is 6. The Hall–Kier alpha value is -3.90. The maximum atomic E-state index is 12.4. The lowest BCUT2D eigenvalue weighted by atomic mass is 9.94. The fourth-order valence-electron chi connectivity index (χ4n) is 6.20. The highest BCUT2D eigenvalue weighted by molar-refractivity contribution is 6.07. The summed E-state index contributed by atoms with van der Waals surface area (Å²) >= 11 is 0. The Morgan fingerprint density at radius 2 is 1.55 bits per heavy atom. The number of piperidine rings is 2. The molecule has 0 bridgehead atoms. The van der Waals surface area contributed by atoms with Gasteiger partial charge < -0.3 is 19.3 Å². The third-order valence-corrected chi connectivity index (χ3v) is 8.29. The molecule has 0 aromatic rings. The molecular formula is C26H24N4O8. The molecule has 0 aromatic carbocycles. The molecule has 196 valence electrons. The Morgan fingerprint density at radius 3 is 2.21 bits per heavy atom. The van der Waals surface area contributed by atoms with Gasteiger partial charge in [-0.05, 0) is 18.4 Å². The molecule has 12 heteroatoms. The smallest absolute Gasteiger partial charge is 0.253 e. The highest BCUT2D eigenvalue weighted by Crippen LogP contribution is 2.51. The normalized spacial score (nSPS) is 38.0. The van der Waals surface area contributed by atoms with Crippen LogP contribution in [0.5, 0.6) is 0 Å². The zero-order chi connectivity index (χ0) is 26.3. The SMILES string of the molecule is O=C1CCC(N2CC34OC3C=CC=C4C2=O)C(=O)N1.O=C1CCC(N2CC3=C(C2=O)C2OC2C=C3)C(=O)N1. The number of rotatable bonds is 2. The number of carbonyl (C=O) groups excluding carboxylic acids is 6. The molecule has 6 unspecified atom stereocenters. The second kappa shape index (κ2) is 8.05. The third kappa shape index (κ3) is 3.43. The molecule has 1 spiro atoms. The summed E-state index contributed by atoms with van der Waals surface area (Å²) < 4.78 is 11.0. The van der Waals surface area contributed by atoms with Gasteiger partial charge in [-0.25, -0.2) is 0 Å². The van der Waals surface area contributed by atoms with Crippen LogP contribution in [0.25, 0.3) is 0 Å². The van der Waals surface area contributed by atoms with Gasteiger partial charge in [0.05, 0.1) is 17.7 Å². The van der Waals surface area contributed by atoms with Crippen LogP contribution in [0.3, 0.4) is 0 Å². The van der Waals surface area contributed by atoms with Gasteiger partial charge in [0.15, 0.2) is 0 Å². The average molecular weight is 520 g/mol. The van der Waals surface area contributed by atoms with E-state index in [1.54, 1.807) is 15.9 Å². The summed E-state index contributed by atoms with van der Waals surface area (Å²) in [6.07, 6.45) is 10.6. The lowest BCUT2D eigenvalue weighted by Gasteiger charge is -2.29. The fraction of sp³-hybridized carbons (Fsp3) is 0.462. The Morgan fingerprint density at radius 1 is 0.868 bits per heavy atom. The van der Waals surface area contributed by atoms with Crippen LogP contribution in [0.4, 0.5) is 0 Å². The van der Waals surface area contributed by atoms with Gasteiger partial charge in [-0.1, -0.05) is 30.4 Å². The first-order valence-corrected chi connectivity index (χ1v) is 12.7. The van der Waals surface area contributed by atoms with Crippen molar-refractivity contribution in [3.05, 3.63) is 47.1 Å². The molecule has 12 nitrogen and oxygen atoms in total. The number of hydrogen-bond donors (Lipinski definition) is 2. The van der Waals surface area contributed by atoms with Crippen molar-refractivity contribution in [3.8, 4) is 0 Å². The van der Waals surface area contributed by atoms with Crippen LogP contribution >= 0.6 is 0 Å². The highest BCUT2D eigenvalue weighted by atomic mass is 16.6. The molecule has 0 saturated carbocycles. The van der Waals surface area contributed by atoms with E-state index in [1.165, 1.54) is 0 Å². The van der Waals surface area contributed by atoms with Gasteiger partial charge in [0.2, 0.25) is 23.6 Å². The summed E-state index contributed by atoms with van der Waals surface area (Å²) in [5.74, 6) is -1.57. The maximum absolute atomic E-state index is 12.4. The molecule has 5 fully saturated rings. The molecule has 6 aliphatic heterocycles. The first-order chi connectivity index (χ1) is 18.3. The predicted molar refractivity (Wildman–Crippen MR) is 125 cm³/mol. The average Bonchev–Trinajstić information content (AvgIpc) is 3.77. The molecule has 6 atom stereocenters. The largest absolute Gasteiger partial charge is 0.360 e. The molecule has 2 aliphatic carbocycles. The van der Waals surface area contributed by atoms with Crippen LogP contribution in [0.2, 0.25) is 0 Å². The molecule has 8 aliphatic rings. The summed E-state index contributed by atoms with van der Waals surface area (Å²) in [6, 6.07) is -1.10. The van der Waals surface area contributed by atoms with Crippen LogP contribution < -0.4 is 10.6 Å². The minimum absolute atomic E-state index is 0.0319. The molecule has 8 rings (SSSR count). The molecule has 0 aromatic heterocycles. The van der Waals surface area contributed by atoms with Crippen LogP contribution in [0.1, 0.15) is 25.7 Å². The van der Waals surface area contributed by atoms with Crippen LogP contribution in [-0.4, -0.2) is 94.3 Å². The topological polar surface area (TPSA) is 158 Å². The predicted octanol–water partition coefficient (Wildman–Crippen LogP) is -1.46. The second-order valence-electron chi connectivity index (χ2n) is 10.5. The van der Waals surface area contributed by atoms with Crippen molar-refractivity contribution in [1.29, 1.82) is 0 Å². The van der Waals surface area contributed by atoms with Crippen molar-refractivity contribution in [1.82, 2.24) is 20.4 Å². The van der Waals surface area contributed by atoms with Crippen molar-refractivity contribution in [3.63, 3.8) is 0 Å². The Labute approximate surface area is 216 Å². The van der Waals surface area contributed by atoms with E-state index in [2.05, 4.69) is 10.6 Å². The summed E-state index contributed by atoms with van der Waals surface area (Å²) in [5.41, 5.74) is 1.73. The number of nitrogens with one attached hydrogen (secondary N) is 2. The first kappa shape index (κ1) is 23.2. The highest BCUT2D eigenvalue weighted by Gasteiger charge is 2.67. The van der Waals surface area contributed by atoms with Crippen LogP contribution in [0.15, 0.2) is 47.1 Å². The Balaban J connectivity index is 0.000000127. The first-order valence-electron chi connectivity index (χ1n) is 12.7. The molecule has 6 amide bonds. The number of fused-ring (bicyclic) bond motifs is 2. The summed E-state index contributed by atoms with van der Waals surface area (Å²) in [4.78, 5) is 73.9. The van der Waals surface area contributed by atoms with E-state index in [0.717, 1.165) is 5.57 Å². The third-order valence-electron chi connectivity index (χ3n) is 8.29. The van der Waals surface area contributed by atoms with E-state index in [9.17, 15) is 28.8 Å². The van der Waals surface area contributed by atoms with Crippen molar-refractivity contribution >= 4 is 35.4 Å². The molecule has 38 heavy (non-hydrogen) atoms. The number of allylic oxidation sites excluding steroid dienone is 2. The molecule has 0 radical (unpaired) electrons. The summed E-state index contributed by atoms with van der Waals surface area (Å²) in [7, 11) is 0. The number of hydrogen-bond acceptors (Lipinski definition) is 8. The maximum Gasteiger partial charge on any atom is 0.253 e. The van der Waals surface area contributed by atoms with E-state index in [1.807, 2.05) is 24.3 Å². The van der Waals surface area contributed by atoms with Gasteiger partial charge in [-0.15, -0.1) is 0 Å². The second-order valence-corrected chi connectivity index (χ2v) is 10.5. The quantitative estimate of drug-likeness (QED) is 0.330. The van der Waals surface area contributed by atoms with Crippen molar-refractivity contribution in [2.24, 2.45) is 0 Å². The van der Waals surface area contributed by atoms with Crippen molar-refractivity contribution in [2.75, 3.05) is 13.1 Å². The Bertz CT molecular complexity index is 1360. The molecule has 5 saturated heterocycles. The fourth-order valence-corrected chi connectivity index (χ4v) is 6.20. The Kier molecular flexibility index (Phi) is 4.92. The van der Waals surface area contributed by atoms with Gasteiger partial charge in [0, 0.05) is 19.4 Å². The number of amides is 6. The minimum atomic E-state index is -0.559. The summed E-state index contributed by atoms with van der Waals surface area (Å²) in [6.45, 7) is 0.836. The summed E-state index contributed by atoms with van der Waals surface area (Å²) in [5, 5.41) is 4.58. The van der Waals surface area contributed by atoms with E-state index in [-0.39, 0.29) is 66.6 Å². The number of epoxide rings is 2. The monoisotopic (exact) mass is 520 g/mol. The van der Waals surface area contributed by atoms with E-state index in [4.69, 9.17) is 9.47 Å². The zero-order valence-corrected chi connectivity index (χ0v) is 20.2. The standard InChI is InChI=1S/2C13H12N2O4/c16-9-4-2-7(12(17)14-9)15-5-6-1-3-8-11(19-8)10(6)13(15)18;16-10-5-4-8(11(17)14-10)15-6-13-7(12(15)18)2-1-3-9(13)19-13/h1,3,7-8,11H,2,4-5H2,(H,14,16,17);1-3,8-9H,4-6H2,(H,14,16,17). The van der Waals surface area contributed by atoms with Crippen LogP contribution in [-0.2, 0) is 38.2 Å². The minimum Gasteiger partial charge on any atom is -0.360 e. The van der Waals surface area contributed by atoms with Gasteiger partial charge in [0.25, 0.3) is 11.8 Å². The molecular weight excluding hydrogens is 496 g/mol. The van der Waals surface area contributed by atoms with E-state index in [0.29, 0.717) is 37.1 Å². The van der Waals surface area contributed by atoms with Gasteiger partial charge in [0.1, 0.15) is 36.0 Å². The number of ether oxygens (including phenoxy) is 2. The molecule has 6 heterocycles. The van der Waals surface area contributed by atoms with Gasteiger partial charge in [-0.2, -0.15) is 0 Å². The number of nitrogens with zero attached hydrogens (tertiary/aromatic N) is 2. The van der Waals surface area contributed by atoms with Crippen LogP contribution in [0, 0.1) is 0 Å². The zero-order valence-electron chi connectivity index (χ0n) is 20.2. The van der Waals surface area contributed by atoms with E-state index >= 15 is 0 Å². The lowest BCUT2D eigenvalue weighted by Crippen LogP contribution is -2.53. The molecule has 2 N–H and O–H groups in total. The van der Waals surface area contributed by atoms with Gasteiger partial charge >= 0.3 is 0 Å². The number of likely N-dealkylation sites (tertiary alicyclic amines) is 1. The lowest BCUT2D eigenvalue weighted by molar-refractivity contribution is -0.143. The van der Waals surface area contributed by atoms with Crippen molar-refractivity contribution in [2.45, 2.75) is 61.7 Å². The van der Waals surface area contributed by atoms with E-state index < -0.39 is 17.7 Å².